The molecule has 1 aromatic heterocycles. The summed E-state index contributed by atoms with van der Waals surface area (Å²) in [5.41, 5.74) is 1.20. The normalized spacial score (nSPS) is 14.2. The summed E-state index contributed by atoms with van der Waals surface area (Å²) >= 11 is 1.74. The molecule has 0 aliphatic rings. The first-order valence-corrected chi connectivity index (χ1v) is 8.70. The van der Waals surface area contributed by atoms with Crippen molar-refractivity contribution in [2.45, 2.75) is 32.9 Å². The van der Waals surface area contributed by atoms with Crippen molar-refractivity contribution in [3.05, 3.63) is 52.2 Å². The minimum atomic E-state index is 0.0485. The number of guanidine groups is 1. The van der Waals surface area contributed by atoms with Crippen molar-refractivity contribution in [2.75, 3.05) is 13.6 Å². The molecule has 0 bridgehead atoms. The Bertz CT molecular complexity index is 625. The van der Waals surface area contributed by atoms with E-state index in [4.69, 9.17) is 4.74 Å². The van der Waals surface area contributed by atoms with Gasteiger partial charge in [-0.05, 0) is 49.9 Å². The van der Waals surface area contributed by atoms with Crippen LogP contribution in [-0.4, -0.2) is 25.7 Å². The Morgan fingerprint density at radius 3 is 2.74 bits per heavy atom. The molecule has 2 atom stereocenters. The first-order valence-electron chi connectivity index (χ1n) is 7.82. The number of nitrogens with zero attached hydrogens (tertiary/aromatic N) is 1. The van der Waals surface area contributed by atoms with Crippen LogP contribution in [0.25, 0.3) is 0 Å². The van der Waals surface area contributed by atoms with Gasteiger partial charge in [-0.3, -0.25) is 4.99 Å². The molecule has 0 radical (unpaired) electrons. The molecule has 0 fully saturated rings. The lowest BCUT2D eigenvalue weighted by Gasteiger charge is -2.20. The zero-order valence-electron chi connectivity index (χ0n) is 14.2. The van der Waals surface area contributed by atoms with Gasteiger partial charge in [0.25, 0.3) is 0 Å². The van der Waals surface area contributed by atoms with Gasteiger partial charge in [0.15, 0.2) is 5.96 Å². The van der Waals surface area contributed by atoms with Crippen LogP contribution >= 0.6 is 11.3 Å². The Kier molecular flexibility index (Phi) is 6.47. The minimum absolute atomic E-state index is 0.0485. The van der Waals surface area contributed by atoms with Gasteiger partial charge in [0.05, 0.1) is 12.6 Å². The van der Waals surface area contributed by atoms with Crippen molar-refractivity contribution in [3.8, 4) is 5.75 Å². The van der Waals surface area contributed by atoms with Gasteiger partial charge in [-0.25, -0.2) is 0 Å². The zero-order chi connectivity index (χ0) is 16.7. The molecule has 0 saturated carbocycles. The van der Waals surface area contributed by atoms with E-state index in [1.54, 1.807) is 18.4 Å². The van der Waals surface area contributed by atoms with Crippen molar-refractivity contribution in [3.63, 3.8) is 0 Å². The van der Waals surface area contributed by atoms with Crippen LogP contribution in [0, 0.1) is 6.92 Å². The highest BCUT2D eigenvalue weighted by molar-refractivity contribution is 7.10. The van der Waals surface area contributed by atoms with Crippen molar-refractivity contribution >= 4 is 17.3 Å². The maximum atomic E-state index is 5.92. The molecule has 4 nitrogen and oxygen atoms in total. The third-order valence-electron chi connectivity index (χ3n) is 3.43. The molecular formula is C18H25N3OS. The van der Waals surface area contributed by atoms with Crippen molar-refractivity contribution in [1.29, 1.82) is 0 Å². The summed E-state index contributed by atoms with van der Waals surface area (Å²) in [6, 6.07) is 12.5. The molecule has 2 aromatic rings. The number of benzene rings is 1. The van der Waals surface area contributed by atoms with E-state index in [9.17, 15) is 0 Å². The average molecular weight is 331 g/mol. The summed E-state index contributed by atoms with van der Waals surface area (Å²) in [6.07, 6.45) is 0.0485. The molecule has 2 unspecified atom stereocenters. The smallest absolute Gasteiger partial charge is 0.191 e. The number of thiophene rings is 1. The number of hydrogen-bond acceptors (Lipinski definition) is 3. The third kappa shape index (κ3) is 5.60. The van der Waals surface area contributed by atoms with Crippen LogP contribution in [0.1, 0.15) is 30.3 Å². The summed E-state index contributed by atoms with van der Waals surface area (Å²) < 4.78 is 5.92. The van der Waals surface area contributed by atoms with Crippen molar-refractivity contribution in [1.82, 2.24) is 10.6 Å². The Labute approximate surface area is 142 Å². The number of aliphatic imine (C=N–C) groups is 1. The molecule has 1 heterocycles. The van der Waals surface area contributed by atoms with E-state index in [1.165, 1.54) is 10.4 Å². The lowest BCUT2D eigenvalue weighted by Crippen LogP contribution is -2.42. The number of ether oxygens (including phenoxy) is 1. The maximum Gasteiger partial charge on any atom is 0.191 e. The maximum absolute atomic E-state index is 5.92. The third-order valence-corrected chi connectivity index (χ3v) is 4.49. The largest absolute Gasteiger partial charge is 0.489 e. The lowest BCUT2D eigenvalue weighted by atomic mass is 10.2. The van der Waals surface area contributed by atoms with Crippen LogP contribution < -0.4 is 15.4 Å². The molecule has 0 aliphatic carbocycles. The topological polar surface area (TPSA) is 45.7 Å². The van der Waals surface area contributed by atoms with Gasteiger partial charge in [0, 0.05) is 11.9 Å². The Balaban J connectivity index is 1.80. The van der Waals surface area contributed by atoms with Gasteiger partial charge >= 0.3 is 0 Å². The molecular weight excluding hydrogens is 306 g/mol. The van der Waals surface area contributed by atoms with Crippen LogP contribution in [0.2, 0.25) is 0 Å². The molecule has 0 aliphatic heterocycles. The highest BCUT2D eigenvalue weighted by Gasteiger charge is 2.10. The van der Waals surface area contributed by atoms with Gasteiger partial charge in [-0.2, -0.15) is 0 Å². The zero-order valence-corrected chi connectivity index (χ0v) is 15.0. The molecule has 124 valence electrons. The van der Waals surface area contributed by atoms with E-state index in [0.717, 1.165) is 11.7 Å². The molecule has 2 N–H and O–H groups in total. The van der Waals surface area contributed by atoms with Gasteiger partial charge in [0.1, 0.15) is 11.9 Å². The second-order valence-electron chi connectivity index (χ2n) is 5.58. The van der Waals surface area contributed by atoms with Gasteiger partial charge in [-0.15, -0.1) is 11.3 Å². The van der Waals surface area contributed by atoms with Crippen LogP contribution in [0.4, 0.5) is 0 Å². The van der Waals surface area contributed by atoms with Crippen molar-refractivity contribution < 1.29 is 4.74 Å². The number of aryl methyl sites for hydroxylation is 1. The number of rotatable bonds is 6. The van der Waals surface area contributed by atoms with E-state index in [-0.39, 0.29) is 12.1 Å². The Morgan fingerprint density at radius 1 is 1.26 bits per heavy atom. The van der Waals surface area contributed by atoms with Crippen LogP contribution in [0.15, 0.2) is 46.8 Å². The minimum Gasteiger partial charge on any atom is -0.489 e. The SMILES string of the molecule is CN=C(NCC(C)Oc1cccc(C)c1)NC(C)c1cccs1. The number of hydrogen-bond donors (Lipinski definition) is 2. The van der Waals surface area contributed by atoms with Crippen LogP contribution in [0.5, 0.6) is 5.75 Å². The van der Waals surface area contributed by atoms with E-state index in [1.807, 2.05) is 25.1 Å². The highest BCUT2D eigenvalue weighted by atomic mass is 32.1. The van der Waals surface area contributed by atoms with E-state index >= 15 is 0 Å². The molecule has 1 aromatic carbocycles. The summed E-state index contributed by atoms with van der Waals surface area (Å²) in [6.45, 7) is 6.93. The van der Waals surface area contributed by atoms with Gasteiger partial charge in [0.2, 0.25) is 0 Å². The molecule has 5 heteroatoms. The first kappa shape index (κ1) is 17.3. The summed E-state index contributed by atoms with van der Waals surface area (Å²) in [4.78, 5) is 5.56. The van der Waals surface area contributed by atoms with E-state index in [0.29, 0.717) is 6.54 Å². The molecule has 23 heavy (non-hydrogen) atoms. The second-order valence-corrected chi connectivity index (χ2v) is 6.56. The van der Waals surface area contributed by atoms with Gasteiger partial charge < -0.3 is 15.4 Å². The fourth-order valence-corrected chi connectivity index (χ4v) is 2.95. The summed E-state index contributed by atoms with van der Waals surface area (Å²) in [7, 11) is 1.78. The molecule has 2 rings (SSSR count). The first-order chi connectivity index (χ1) is 11.1. The second kappa shape index (κ2) is 8.58. The number of nitrogens with one attached hydrogen (secondary N) is 2. The predicted molar refractivity (Wildman–Crippen MR) is 98.5 cm³/mol. The predicted octanol–water partition coefficient (Wildman–Crippen LogP) is 3.75. The molecule has 0 spiro atoms. The standard InChI is InChI=1S/C18H25N3OS/c1-13-7-5-8-16(11-13)22-14(2)12-20-18(19-4)21-15(3)17-9-6-10-23-17/h5-11,14-15H,12H2,1-4H3,(H2,19,20,21). The van der Waals surface area contributed by atoms with Crippen LogP contribution in [0.3, 0.4) is 0 Å². The average Bonchev–Trinajstić information content (AvgIpc) is 3.05. The lowest BCUT2D eigenvalue weighted by molar-refractivity contribution is 0.223. The summed E-state index contributed by atoms with van der Waals surface area (Å²) in [5, 5.41) is 8.79. The summed E-state index contributed by atoms with van der Waals surface area (Å²) in [5.74, 6) is 1.68. The van der Waals surface area contributed by atoms with Crippen LogP contribution in [-0.2, 0) is 0 Å². The van der Waals surface area contributed by atoms with Gasteiger partial charge in [-0.1, -0.05) is 18.2 Å². The quantitative estimate of drug-likeness (QED) is 0.626. The Morgan fingerprint density at radius 2 is 2.09 bits per heavy atom. The highest BCUT2D eigenvalue weighted by Crippen LogP contribution is 2.18. The fraction of sp³-hybridized carbons (Fsp3) is 0.389. The Hall–Kier alpha value is -2.01. The fourth-order valence-electron chi connectivity index (χ4n) is 2.21. The monoisotopic (exact) mass is 331 g/mol. The van der Waals surface area contributed by atoms with E-state index < -0.39 is 0 Å². The molecule has 0 saturated heterocycles. The van der Waals surface area contributed by atoms with Crippen molar-refractivity contribution in [2.24, 2.45) is 4.99 Å². The van der Waals surface area contributed by atoms with E-state index in [2.05, 4.69) is 53.1 Å². The molecule has 0 amide bonds.